The normalized spacial score (nSPS) is 12.7. The third-order valence-corrected chi connectivity index (χ3v) is 3.58. The van der Waals surface area contributed by atoms with Crippen LogP contribution < -0.4 is 9.47 Å². The van der Waals surface area contributed by atoms with Gasteiger partial charge in [-0.05, 0) is 41.8 Å². The fourth-order valence-electron chi connectivity index (χ4n) is 2.16. The summed E-state index contributed by atoms with van der Waals surface area (Å²) < 4.78 is 59.4. The van der Waals surface area contributed by atoms with E-state index in [0.29, 0.717) is 19.4 Å². The van der Waals surface area contributed by atoms with Gasteiger partial charge in [-0.2, -0.15) is 13.2 Å². The number of benzene rings is 2. The lowest BCUT2D eigenvalue weighted by atomic mass is 10.0. The highest BCUT2D eigenvalue weighted by molar-refractivity contribution is 5.34. The summed E-state index contributed by atoms with van der Waals surface area (Å²) in [7, 11) is 0. The molecule has 142 valence electrons. The van der Waals surface area contributed by atoms with Crippen LogP contribution in [0.5, 0.6) is 11.5 Å². The molecule has 2 aromatic rings. The second-order valence-corrected chi connectivity index (χ2v) is 5.71. The average molecular weight is 372 g/mol. The van der Waals surface area contributed by atoms with E-state index in [1.807, 2.05) is 24.3 Å². The summed E-state index contributed by atoms with van der Waals surface area (Å²) in [4.78, 5) is 0. The summed E-state index contributed by atoms with van der Waals surface area (Å²) >= 11 is 0. The lowest BCUT2D eigenvalue weighted by Gasteiger charge is -2.13. The molecule has 0 fully saturated rings. The zero-order chi connectivity index (χ0) is 19.0. The van der Waals surface area contributed by atoms with Crippen LogP contribution in [-0.2, 0) is 6.42 Å². The smallest absolute Gasteiger partial charge is 0.423 e. The number of aliphatic hydroxyl groups excluding tert-OH is 1. The van der Waals surface area contributed by atoms with E-state index in [1.165, 1.54) is 12.1 Å². The zero-order valence-corrected chi connectivity index (χ0v) is 14.0. The first kappa shape index (κ1) is 20.0. The van der Waals surface area contributed by atoms with Crippen molar-refractivity contribution in [2.45, 2.75) is 25.2 Å². The zero-order valence-electron chi connectivity index (χ0n) is 14.0. The quantitative estimate of drug-likeness (QED) is 0.526. The standard InChI is InChI=1S/C19H20F4O3/c20-18(19(21,22)23)13-26-17-8-4-15(5-9-17)12-14-2-6-16(7-3-14)25-11-1-10-24/h2-9,18,24H,1,10-13H2. The largest absolute Gasteiger partial charge is 0.494 e. The molecule has 0 spiro atoms. The Labute approximate surface area is 149 Å². The Hall–Kier alpha value is -2.28. The molecule has 0 aromatic heterocycles. The van der Waals surface area contributed by atoms with E-state index < -0.39 is 19.0 Å². The topological polar surface area (TPSA) is 38.7 Å². The molecular formula is C19H20F4O3. The van der Waals surface area contributed by atoms with Crippen LogP contribution in [0.25, 0.3) is 0 Å². The molecule has 0 aliphatic heterocycles. The first-order valence-corrected chi connectivity index (χ1v) is 8.13. The Bertz CT molecular complexity index is 654. The predicted octanol–water partition coefficient (Wildman–Crippen LogP) is 4.32. The molecule has 0 amide bonds. The van der Waals surface area contributed by atoms with Crippen molar-refractivity contribution in [3.05, 3.63) is 59.7 Å². The summed E-state index contributed by atoms with van der Waals surface area (Å²) in [5.41, 5.74) is 1.98. The molecule has 0 saturated carbocycles. The maximum atomic E-state index is 12.8. The highest BCUT2D eigenvalue weighted by Gasteiger charge is 2.40. The first-order chi connectivity index (χ1) is 12.4. The van der Waals surface area contributed by atoms with Crippen molar-refractivity contribution in [2.75, 3.05) is 19.8 Å². The third-order valence-electron chi connectivity index (χ3n) is 3.58. The second kappa shape index (κ2) is 9.43. The number of hydrogen-bond donors (Lipinski definition) is 1. The lowest BCUT2D eigenvalue weighted by molar-refractivity contribution is -0.187. The van der Waals surface area contributed by atoms with E-state index in [1.54, 1.807) is 12.1 Å². The van der Waals surface area contributed by atoms with Gasteiger partial charge in [0.1, 0.15) is 18.1 Å². The van der Waals surface area contributed by atoms with Gasteiger partial charge in [-0.1, -0.05) is 24.3 Å². The van der Waals surface area contributed by atoms with E-state index in [-0.39, 0.29) is 12.4 Å². The summed E-state index contributed by atoms with van der Waals surface area (Å²) in [5.74, 6) is 0.907. The number of halogens is 4. The maximum absolute atomic E-state index is 12.8. The Morgan fingerprint density at radius 3 is 1.81 bits per heavy atom. The van der Waals surface area contributed by atoms with Gasteiger partial charge in [-0.15, -0.1) is 0 Å². The van der Waals surface area contributed by atoms with Gasteiger partial charge in [0, 0.05) is 13.0 Å². The minimum atomic E-state index is -4.91. The van der Waals surface area contributed by atoms with Gasteiger partial charge in [-0.25, -0.2) is 4.39 Å². The van der Waals surface area contributed by atoms with E-state index in [4.69, 9.17) is 14.6 Å². The monoisotopic (exact) mass is 372 g/mol. The molecule has 2 rings (SSSR count). The average Bonchev–Trinajstić information content (AvgIpc) is 2.62. The molecule has 7 heteroatoms. The minimum absolute atomic E-state index is 0.0833. The fraction of sp³-hybridized carbons (Fsp3) is 0.368. The van der Waals surface area contributed by atoms with Crippen LogP contribution in [0, 0.1) is 0 Å². The number of ether oxygens (including phenoxy) is 2. The molecule has 1 N–H and O–H groups in total. The SMILES string of the molecule is OCCCOc1ccc(Cc2ccc(OCC(F)C(F)(F)F)cc2)cc1. The molecule has 0 aliphatic carbocycles. The van der Waals surface area contributed by atoms with E-state index >= 15 is 0 Å². The van der Waals surface area contributed by atoms with Crippen LogP contribution in [0.1, 0.15) is 17.5 Å². The first-order valence-electron chi connectivity index (χ1n) is 8.13. The number of hydrogen-bond acceptors (Lipinski definition) is 3. The van der Waals surface area contributed by atoms with Crippen molar-refractivity contribution < 1.29 is 32.1 Å². The molecule has 3 nitrogen and oxygen atoms in total. The van der Waals surface area contributed by atoms with Crippen molar-refractivity contribution in [1.82, 2.24) is 0 Å². The Morgan fingerprint density at radius 2 is 1.35 bits per heavy atom. The highest BCUT2D eigenvalue weighted by atomic mass is 19.4. The molecule has 1 unspecified atom stereocenters. The minimum Gasteiger partial charge on any atom is -0.494 e. The molecule has 0 bridgehead atoms. The van der Waals surface area contributed by atoms with Crippen molar-refractivity contribution in [3.63, 3.8) is 0 Å². The Balaban J connectivity index is 1.85. The van der Waals surface area contributed by atoms with Gasteiger partial charge in [0.2, 0.25) is 6.17 Å². The van der Waals surface area contributed by atoms with Gasteiger partial charge < -0.3 is 14.6 Å². The van der Waals surface area contributed by atoms with E-state index in [0.717, 1.165) is 16.9 Å². The van der Waals surface area contributed by atoms with Gasteiger partial charge in [-0.3, -0.25) is 0 Å². The number of alkyl halides is 4. The summed E-state index contributed by atoms with van der Waals surface area (Å²) in [5, 5.41) is 8.71. The number of aliphatic hydroxyl groups is 1. The summed E-state index contributed by atoms with van der Waals surface area (Å²) in [6.07, 6.45) is -6.71. The molecule has 0 radical (unpaired) electrons. The van der Waals surface area contributed by atoms with Crippen LogP contribution >= 0.6 is 0 Å². The van der Waals surface area contributed by atoms with Crippen molar-refractivity contribution >= 4 is 0 Å². The van der Waals surface area contributed by atoms with Crippen LogP contribution in [0.2, 0.25) is 0 Å². The summed E-state index contributed by atoms with van der Waals surface area (Å²) in [6, 6.07) is 14.0. The molecule has 0 heterocycles. The van der Waals surface area contributed by atoms with Crippen molar-refractivity contribution in [3.8, 4) is 11.5 Å². The third kappa shape index (κ3) is 6.55. The van der Waals surface area contributed by atoms with Crippen LogP contribution in [0.3, 0.4) is 0 Å². The van der Waals surface area contributed by atoms with Crippen LogP contribution in [-0.4, -0.2) is 37.3 Å². The highest BCUT2D eigenvalue weighted by Crippen LogP contribution is 2.24. The van der Waals surface area contributed by atoms with Gasteiger partial charge in [0.05, 0.1) is 6.61 Å². The molecule has 0 saturated heterocycles. The predicted molar refractivity (Wildman–Crippen MR) is 89.3 cm³/mol. The molecule has 1 atom stereocenters. The Morgan fingerprint density at radius 1 is 0.846 bits per heavy atom. The molecular weight excluding hydrogens is 352 g/mol. The molecule has 0 aliphatic rings. The maximum Gasteiger partial charge on any atom is 0.423 e. The second-order valence-electron chi connectivity index (χ2n) is 5.71. The van der Waals surface area contributed by atoms with Gasteiger partial charge in [0.15, 0.2) is 0 Å². The molecule has 2 aromatic carbocycles. The molecule has 26 heavy (non-hydrogen) atoms. The van der Waals surface area contributed by atoms with Crippen LogP contribution in [0.15, 0.2) is 48.5 Å². The van der Waals surface area contributed by atoms with Crippen LogP contribution in [0.4, 0.5) is 17.6 Å². The van der Waals surface area contributed by atoms with E-state index in [2.05, 4.69) is 0 Å². The van der Waals surface area contributed by atoms with Crippen molar-refractivity contribution in [1.29, 1.82) is 0 Å². The number of rotatable bonds is 9. The van der Waals surface area contributed by atoms with Gasteiger partial charge in [0.25, 0.3) is 0 Å². The van der Waals surface area contributed by atoms with Crippen molar-refractivity contribution in [2.24, 2.45) is 0 Å². The fourth-order valence-corrected chi connectivity index (χ4v) is 2.16. The Kier molecular flexibility index (Phi) is 7.26. The van der Waals surface area contributed by atoms with E-state index in [9.17, 15) is 17.6 Å². The lowest BCUT2D eigenvalue weighted by Crippen LogP contribution is -2.30. The van der Waals surface area contributed by atoms with Gasteiger partial charge >= 0.3 is 6.18 Å². The summed E-state index contributed by atoms with van der Waals surface area (Å²) in [6.45, 7) is -0.522.